The van der Waals surface area contributed by atoms with E-state index in [1.165, 1.54) is 18.3 Å². The number of ether oxygens (including phenoxy) is 3. The summed E-state index contributed by atoms with van der Waals surface area (Å²) in [7, 11) is 0. The first-order valence-corrected chi connectivity index (χ1v) is 10.2. The Bertz CT molecular complexity index is 1140. The Morgan fingerprint density at radius 3 is 2.61 bits per heavy atom. The van der Waals surface area contributed by atoms with Crippen molar-refractivity contribution in [3.05, 3.63) is 76.7 Å². The van der Waals surface area contributed by atoms with Crippen LogP contribution < -0.4 is 19.6 Å². The van der Waals surface area contributed by atoms with E-state index in [-0.39, 0.29) is 19.0 Å². The molecule has 0 bridgehead atoms. The molecule has 1 amide bonds. The number of nitrogens with one attached hydrogen (secondary N) is 1. The van der Waals surface area contributed by atoms with Crippen molar-refractivity contribution in [3.8, 4) is 17.2 Å². The van der Waals surface area contributed by atoms with Crippen molar-refractivity contribution in [1.82, 2.24) is 5.43 Å². The van der Waals surface area contributed by atoms with E-state index < -0.39 is 11.9 Å². The fraction of sp³-hybridized carbons (Fsp3) is 0.174. The first-order valence-electron chi connectivity index (χ1n) is 9.87. The van der Waals surface area contributed by atoms with E-state index in [0.29, 0.717) is 40.2 Å². The molecule has 0 saturated carbocycles. The van der Waals surface area contributed by atoms with Crippen molar-refractivity contribution in [2.24, 2.45) is 5.10 Å². The van der Waals surface area contributed by atoms with Crippen molar-refractivity contribution in [2.45, 2.75) is 13.5 Å². The number of amides is 1. The summed E-state index contributed by atoms with van der Waals surface area (Å²) in [4.78, 5) is 22.8. The zero-order chi connectivity index (χ0) is 23.6. The Balaban J connectivity index is 1.56. The summed E-state index contributed by atoms with van der Waals surface area (Å²) in [6.45, 7) is 2.02. The fourth-order valence-corrected chi connectivity index (χ4v) is 2.82. The molecule has 2 N–H and O–H groups in total. The van der Waals surface area contributed by atoms with Crippen LogP contribution in [0.25, 0.3) is 0 Å². The zero-order valence-electron chi connectivity index (χ0n) is 17.6. The molecule has 1 heterocycles. The van der Waals surface area contributed by atoms with Gasteiger partial charge in [-0.1, -0.05) is 23.7 Å². The molecule has 9 nitrogen and oxygen atoms in total. The van der Waals surface area contributed by atoms with Crippen molar-refractivity contribution >= 4 is 29.7 Å². The highest BCUT2D eigenvalue weighted by molar-refractivity contribution is 6.32. The number of benzene rings is 2. The highest BCUT2D eigenvalue weighted by Crippen LogP contribution is 2.29. The van der Waals surface area contributed by atoms with E-state index in [0.717, 1.165) is 0 Å². The number of para-hydroxylation sites is 1. The lowest BCUT2D eigenvalue weighted by Gasteiger charge is -2.11. The van der Waals surface area contributed by atoms with E-state index in [2.05, 4.69) is 10.5 Å². The normalized spacial score (nSPS) is 10.7. The third-order valence-electron chi connectivity index (χ3n) is 4.11. The molecule has 0 radical (unpaired) electrons. The number of halogens is 1. The van der Waals surface area contributed by atoms with Crippen LogP contribution in [-0.2, 0) is 11.4 Å². The van der Waals surface area contributed by atoms with Crippen LogP contribution in [-0.4, -0.2) is 36.4 Å². The maximum Gasteiger partial charge on any atom is 0.371 e. The van der Waals surface area contributed by atoms with Gasteiger partial charge < -0.3 is 23.7 Å². The predicted molar refractivity (Wildman–Crippen MR) is 120 cm³/mol. The molecule has 0 aliphatic heterocycles. The monoisotopic (exact) mass is 472 g/mol. The van der Waals surface area contributed by atoms with Gasteiger partial charge in [-0.15, -0.1) is 0 Å². The van der Waals surface area contributed by atoms with Gasteiger partial charge in [0.2, 0.25) is 5.76 Å². The van der Waals surface area contributed by atoms with Crippen LogP contribution >= 0.6 is 11.6 Å². The number of hydrogen-bond donors (Lipinski definition) is 2. The zero-order valence-corrected chi connectivity index (χ0v) is 18.4. The summed E-state index contributed by atoms with van der Waals surface area (Å²) in [6.07, 6.45) is 1.45. The van der Waals surface area contributed by atoms with Crippen molar-refractivity contribution < 1.29 is 33.3 Å². The Morgan fingerprint density at radius 2 is 1.88 bits per heavy atom. The van der Waals surface area contributed by atoms with Gasteiger partial charge in [0.05, 0.1) is 17.8 Å². The van der Waals surface area contributed by atoms with E-state index in [4.69, 9.17) is 35.3 Å². The van der Waals surface area contributed by atoms with Gasteiger partial charge in [0, 0.05) is 0 Å². The van der Waals surface area contributed by atoms with Crippen molar-refractivity contribution in [1.29, 1.82) is 0 Å². The number of carbonyl (C=O) groups is 2. The summed E-state index contributed by atoms with van der Waals surface area (Å²) in [5.74, 6) is -0.0901. The fourth-order valence-electron chi connectivity index (χ4n) is 2.63. The molecular weight excluding hydrogens is 452 g/mol. The number of carbonyl (C=O) groups excluding carboxylic acids is 1. The Labute approximate surface area is 194 Å². The van der Waals surface area contributed by atoms with E-state index >= 15 is 0 Å². The molecule has 3 rings (SSSR count). The van der Waals surface area contributed by atoms with E-state index in [1.807, 2.05) is 6.92 Å². The Morgan fingerprint density at radius 1 is 1.06 bits per heavy atom. The van der Waals surface area contributed by atoms with Crippen LogP contribution in [0.15, 0.2) is 64.1 Å². The maximum atomic E-state index is 11.9. The predicted octanol–water partition coefficient (Wildman–Crippen LogP) is 4.14. The highest BCUT2D eigenvalue weighted by atomic mass is 35.5. The van der Waals surface area contributed by atoms with Crippen LogP contribution in [0.5, 0.6) is 17.2 Å². The van der Waals surface area contributed by atoms with Gasteiger partial charge >= 0.3 is 5.97 Å². The first-order chi connectivity index (χ1) is 16.0. The number of hydrazone groups is 1. The molecule has 0 atom stereocenters. The Hall–Kier alpha value is -3.98. The van der Waals surface area contributed by atoms with Gasteiger partial charge in [-0.05, 0) is 55.0 Å². The average molecular weight is 473 g/mol. The second kappa shape index (κ2) is 11.6. The average Bonchev–Trinajstić information content (AvgIpc) is 3.28. The number of furan rings is 1. The minimum absolute atomic E-state index is 0.0300. The lowest BCUT2D eigenvalue weighted by atomic mass is 10.2. The lowest BCUT2D eigenvalue weighted by molar-refractivity contribution is -0.123. The molecule has 0 unspecified atom stereocenters. The molecule has 10 heteroatoms. The number of nitrogens with zero attached hydrogens (tertiary/aromatic N) is 1. The summed E-state index contributed by atoms with van der Waals surface area (Å²) in [5, 5.41) is 13.2. The molecular formula is C23H21ClN2O7. The lowest BCUT2D eigenvalue weighted by Crippen LogP contribution is -2.24. The van der Waals surface area contributed by atoms with Crippen molar-refractivity contribution in [3.63, 3.8) is 0 Å². The SMILES string of the molecule is CCOc1cc(C=NNC(=O)COc2ccccc2Cl)ccc1OCc1ccc(C(=O)O)o1. The molecule has 0 spiro atoms. The quantitative estimate of drug-likeness (QED) is 0.318. The molecule has 2 aromatic carbocycles. The second-order valence-electron chi connectivity index (χ2n) is 6.51. The van der Waals surface area contributed by atoms with Gasteiger partial charge in [-0.2, -0.15) is 5.10 Å². The second-order valence-corrected chi connectivity index (χ2v) is 6.92. The van der Waals surface area contributed by atoms with Crippen molar-refractivity contribution in [2.75, 3.05) is 13.2 Å². The minimum Gasteiger partial charge on any atom is -0.490 e. The van der Waals surface area contributed by atoms with Crippen LogP contribution in [0.1, 0.15) is 28.8 Å². The van der Waals surface area contributed by atoms with Gasteiger partial charge in [0.25, 0.3) is 5.91 Å². The summed E-state index contributed by atoms with van der Waals surface area (Å²) in [5.41, 5.74) is 3.03. The molecule has 3 aromatic rings. The summed E-state index contributed by atoms with van der Waals surface area (Å²) in [6, 6.07) is 14.8. The molecule has 172 valence electrons. The Kier molecular flexibility index (Phi) is 8.31. The van der Waals surface area contributed by atoms with Gasteiger partial charge in [0.1, 0.15) is 18.1 Å². The van der Waals surface area contributed by atoms with E-state index in [1.54, 1.807) is 42.5 Å². The number of hydrogen-bond acceptors (Lipinski definition) is 7. The smallest absolute Gasteiger partial charge is 0.371 e. The molecule has 1 aromatic heterocycles. The first kappa shape index (κ1) is 23.7. The largest absolute Gasteiger partial charge is 0.490 e. The molecule has 0 aliphatic rings. The molecule has 0 fully saturated rings. The third-order valence-corrected chi connectivity index (χ3v) is 4.42. The highest BCUT2D eigenvalue weighted by Gasteiger charge is 2.11. The topological polar surface area (TPSA) is 120 Å². The van der Waals surface area contributed by atoms with Gasteiger partial charge in [-0.25, -0.2) is 10.2 Å². The minimum atomic E-state index is -1.15. The number of rotatable bonds is 11. The van der Waals surface area contributed by atoms with Crippen LogP contribution in [0.4, 0.5) is 0 Å². The third kappa shape index (κ3) is 7.01. The van der Waals surface area contributed by atoms with E-state index in [9.17, 15) is 9.59 Å². The maximum absolute atomic E-state index is 11.9. The molecule has 33 heavy (non-hydrogen) atoms. The number of carboxylic acids is 1. The summed E-state index contributed by atoms with van der Waals surface area (Å²) < 4.78 is 21.8. The standard InChI is InChI=1S/C23H21ClN2O7/c1-2-30-21-11-15(7-9-19(21)31-13-16-8-10-20(33-16)23(28)29)12-25-26-22(27)14-32-18-6-4-3-5-17(18)24/h3-12H,2,13-14H2,1H3,(H,26,27)(H,28,29). The van der Waals surface area contributed by atoms with Crippen LogP contribution in [0, 0.1) is 0 Å². The molecule has 0 aliphatic carbocycles. The van der Waals surface area contributed by atoms with Crippen LogP contribution in [0.2, 0.25) is 5.02 Å². The molecule has 0 saturated heterocycles. The number of aromatic carboxylic acids is 1. The van der Waals surface area contributed by atoms with Gasteiger partial charge in [0.15, 0.2) is 18.1 Å². The summed E-state index contributed by atoms with van der Waals surface area (Å²) >= 11 is 5.98. The van der Waals surface area contributed by atoms with Crippen LogP contribution in [0.3, 0.4) is 0 Å². The van der Waals surface area contributed by atoms with Gasteiger partial charge in [-0.3, -0.25) is 4.79 Å². The number of carboxylic acid groups (broad SMARTS) is 1.